The van der Waals surface area contributed by atoms with Gasteiger partial charge in [0.1, 0.15) is 0 Å². The Balaban J connectivity index is 1.87. The molecule has 0 radical (unpaired) electrons. The third kappa shape index (κ3) is 2.63. The molecule has 1 aromatic carbocycles. The van der Waals surface area contributed by atoms with Crippen LogP contribution >= 0.6 is 0 Å². The molecular formula is C20H17N3O4. The van der Waals surface area contributed by atoms with Crippen LogP contribution in [0.15, 0.2) is 30.6 Å². The second-order valence-electron chi connectivity index (χ2n) is 6.52. The van der Waals surface area contributed by atoms with Crippen molar-refractivity contribution in [3.63, 3.8) is 0 Å². The zero-order valence-electron chi connectivity index (χ0n) is 14.7. The number of aromatic nitrogens is 1. The summed E-state index contributed by atoms with van der Waals surface area (Å²) < 4.78 is 0. The molecule has 1 aliphatic carbocycles. The maximum atomic E-state index is 12.8. The van der Waals surface area contributed by atoms with Gasteiger partial charge in [0.25, 0.3) is 17.7 Å². The Labute approximate surface area is 155 Å². The number of anilines is 1. The van der Waals surface area contributed by atoms with Crippen LogP contribution in [0.5, 0.6) is 0 Å². The predicted molar refractivity (Wildman–Crippen MR) is 96.9 cm³/mol. The van der Waals surface area contributed by atoms with Crippen molar-refractivity contribution >= 4 is 29.2 Å². The van der Waals surface area contributed by atoms with Crippen molar-refractivity contribution in [2.24, 2.45) is 0 Å². The SMILES string of the molecule is CCN1C(=O)c2c(NC(=O)c3ccncc3)cc3c(c2C1=O)CCCC3=O. The first-order chi connectivity index (χ1) is 13.0. The quantitative estimate of drug-likeness (QED) is 0.845. The van der Waals surface area contributed by atoms with Crippen molar-refractivity contribution in [2.75, 3.05) is 11.9 Å². The lowest BCUT2D eigenvalue weighted by molar-refractivity contribution is 0.0662. The van der Waals surface area contributed by atoms with Crippen LogP contribution in [0.4, 0.5) is 5.69 Å². The third-order valence-corrected chi connectivity index (χ3v) is 4.99. The normalized spacial score (nSPS) is 15.6. The van der Waals surface area contributed by atoms with Gasteiger partial charge in [0.05, 0.1) is 16.8 Å². The summed E-state index contributed by atoms with van der Waals surface area (Å²) in [5, 5.41) is 2.71. The molecule has 0 unspecified atom stereocenters. The highest BCUT2D eigenvalue weighted by Crippen LogP contribution is 2.37. The summed E-state index contributed by atoms with van der Waals surface area (Å²) in [7, 11) is 0. The maximum absolute atomic E-state index is 12.8. The number of nitrogens with zero attached hydrogens (tertiary/aromatic N) is 2. The van der Waals surface area contributed by atoms with Gasteiger partial charge < -0.3 is 5.32 Å². The van der Waals surface area contributed by atoms with E-state index >= 15 is 0 Å². The Morgan fingerprint density at radius 1 is 1.11 bits per heavy atom. The zero-order valence-corrected chi connectivity index (χ0v) is 14.7. The molecular weight excluding hydrogens is 346 g/mol. The molecule has 2 aliphatic rings. The van der Waals surface area contributed by atoms with Crippen LogP contribution in [-0.4, -0.2) is 39.9 Å². The van der Waals surface area contributed by atoms with Crippen molar-refractivity contribution in [1.82, 2.24) is 9.88 Å². The predicted octanol–water partition coefficient (Wildman–Crippen LogP) is 2.47. The van der Waals surface area contributed by atoms with E-state index in [-0.39, 0.29) is 29.1 Å². The molecule has 1 N–H and O–H groups in total. The van der Waals surface area contributed by atoms with Crippen LogP contribution in [0, 0.1) is 0 Å². The van der Waals surface area contributed by atoms with E-state index in [1.807, 2.05) is 0 Å². The molecule has 4 rings (SSSR count). The van der Waals surface area contributed by atoms with Crippen molar-refractivity contribution in [3.8, 4) is 0 Å². The Kier molecular flexibility index (Phi) is 4.07. The molecule has 0 atom stereocenters. The molecule has 7 nitrogen and oxygen atoms in total. The minimum Gasteiger partial charge on any atom is -0.321 e. The Bertz CT molecular complexity index is 998. The number of carbonyl (C=O) groups excluding carboxylic acids is 4. The first kappa shape index (κ1) is 17.1. The van der Waals surface area contributed by atoms with Crippen LogP contribution in [0.3, 0.4) is 0 Å². The summed E-state index contributed by atoms with van der Waals surface area (Å²) in [5.41, 5.74) is 2.05. The summed E-state index contributed by atoms with van der Waals surface area (Å²) in [4.78, 5) is 55.6. The minimum absolute atomic E-state index is 0.0753. The number of carbonyl (C=O) groups is 4. The van der Waals surface area contributed by atoms with Gasteiger partial charge >= 0.3 is 0 Å². The van der Waals surface area contributed by atoms with Crippen LogP contribution in [0.2, 0.25) is 0 Å². The third-order valence-electron chi connectivity index (χ3n) is 4.99. The molecule has 136 valence electrons. The lowest BCUT2D eigenvalue weighted by Gasteiger charge is -2.19. The fourth-order valence-corrected chi connectivity index (χ4v) is 3.70. The van der Waals surface area contributed by atoms with Crippen molar-refractivity contribution in [1.29, 1.82) is 0 Å². The summed E-state index contributed by atoms with van der Waals surface area (Å²) >= 11 is 0. The van der Waals surface area contributed by atoms with Gasteiger partial charge in [-0.25, -0.2) is 0 Å². The number of ketones is 1. The minimum atomic E-state index is -0.441. The number of hydrogen-bond donors (Lipinski definition) is 1. The van der Waals surface area contributed by atoms with Crippen LogP contribution in [0.25, 0.3) is 0 Å². The Hall–Kier alpha value is -3.35. The van der Waals surface area contributed by atoms with E-state index < -0.39 is 17.7 Å². The van der Waals surface area contributed by atoms with Gasteiger partial charge in [0.15, 0.2) is 5.78 Å². The Morgan fingerprint density at radius 2 is 1.81 bits per heavy atom. The number of nitrogens with one attached hydrogen (secondary N) is 1. The van der Waals surface area contributed by atoms with Crippen molar-refractivity contribution < 1.29 is 19.2 Å². The molecule has 1 aromatic heterocycles. The molecule has 27 heavy (non-hydrogen) atoms. The fourth-order valence-electron chi connectivity index (χ4n) is 3.70. The number of amides is 3. The highest BCUT2D eigenvalue weighted by molar-refractivity contribution is 6.26. The van der Waals surface area contributed by atoms with Gasteiger partial charge in [-0.1, -0.05) is 0 Å². The first-order valence-corrected chi connectivity index (χ1v) is 8.83. The highest BCUT2D eigenvalue weighted by atomic mass is 16.2. The number of pyridine rings is 1. The van der Waals surface area contributed by atoms with E-state index in [1.54, 1.807) is 25.1 Å². The standard InChI is InChI=1S/C20H17N3O4/c1-2-23-19(26)16-12-4-3-5-15(24)13(12)10-14(17(16)20(23)27)22-18(25)11-6-8-21-9-7-11/h6-10H,2-5H2,1H3,(H,22,25). The van der Waals surface area contributed by atoms with E-state index in [0.717, 1.165) is 4.90 Å². The summed E-state index contributed by atoms with van der Waals surface area (Å²) in [5.74, 6) is -1.35. The van der Waals surface area contributed by atoms with Crippen LogP contribution < -0.4 is 5.32 Å². The van der Waals surface area contributed by atoms with E-state index in [9.17, 15) is 19.2 Å². The average Bonchev–Trinajstić information content (AvgIpc) is 2.94. The van der Waals surface area contributed by atoms with Gasteiger partial charge in [-0.3, -0.25) is 29.1 Å². The van der Waals surface area contributed by atoms with Crippen molar-refractivity contribution in [3.05, 3.63) is 58.4 Å². The second-order valence-corrected chi connectivity index (χ2v) is 6.52. The molecule has 1 aliphatic heterocycles. The smallest absolute Gasteiger partial charge is 0.263 e. The van der Waals surface area contributed by atoms with Gasteiger partial charge in [0.2, 0.25) is 0 Å². The van der Waals surface area contributed by atoms with E-state index in [4.69, 9.17) is 0 Å². The molecule has 0 saturated carbocycles. The van der Waals surface area contributed by atoms with E-state index in [1.165, 1.54) is 12.4 Å². The monoisotopic (exact) mass is 363 g/mol. The summed E-state index contributed by atoms with van der Waals surface area (Å²) in [6.45, 7) is 1.95. The van der Waals surface area contributed by atoms with Gasteiger partial charge in [-0.15, -0.1) is 0 Å². The summed E-state index contributed by atoms with van der Waals surface area (Å²) in [6, 6.07) is 4.63. The highest BCUT2D eigenvalue weighted by Gasteiger charge is 2.41. The molecule has 0 spiro atoms. The fraction of sp³-hybridized carbons (Fsp3) is 0.250. The zero-order chi connectivity index (χ0) is 19.1. The molecule has 2 heterocycles. The average molecular weight is 363 g/mol. The molecule has 0 saturated heterocycles. The number of hydrogen-bond acceptors (Lipinski definition) is 5. The number of fused-ring (bicyclic) bond motifs is 3. The molecule has 7 heteroatoms. The number of imide groups is 1. The number of rotatable bonds is 3. The van der Waals surface area contributed by atoms with Crippen LogP contribution in [-0.2, 0) is 6.42 Å². The molecule has 3 amide bonds. The van der Waals surface area contributed by atoms with Crippen LogP contribution in [0.1, 0.15) is 66.8 Å². The van der Waals surface area contributed by atoms with Gasteiger partial charge in [-0.2, -0.15) is 0 Å². The van der Waals surface area contributed by atoms with E-state index in [0.29, 0.717) is 36.0 Å². The molecule has 0 bridgehead atoms. The largest absolute Gasteiger partial charge is 0.321 e. The molecule has 0 fully saturated rings. The maximum Gasteiger partial charge on any atom is 0.263 e. The lowest BCUT2D eigenvalue weighted by Crippen LogP contribution is -2.29. The number of benzene rings is 1. The van der Waals surface area contributed by atoms with Crippen molar-refractivity contribution in [2.45, 2.75) is 26.2 Å². The lowest BCUT2D eigenvalue weighted by atomic mass is 9.85. The topological polar surface area (TPSA) is 96.4 Å². The van der Waals surface area contributed by atoms with E-state index in [2.05, 4.69) is 10.3 Å². The summed E-state index contributed by atoms with van der Waals surface area (Å²) in [6.07, 6.45) is 4.59. The number of Topliss-reactive ketones (excluding diaryl/α,β-unsaturated/α-hetero) is 1. The first-order valence-electron chi connectivity index (χ1n) is 8.83. The molecule has 2 aromatic rings. The van der Waals surface area contributed by atoms with Gasteiger partial charge in [-0.05, 0) is 43.5 Å². The second kappa shape index (κ2) is 6.42. The Morgan fingerprint density at radius 3 is 2.52 bits per heavy atom. The van der Waals surface area contributed by atoms with Gasteiger partial charge in [0, 0.05) is 36.5 Å².